The van der Waals surface area contributed by atoms with Crippen LogP contribution in [-0.2, 0) is 16.4 Å². The lowest BCUT2D eigenvalue weighted by Gasteiger charge is -2.20. The molecule has 0 saturated heterocycles. The van der Waals surface area contributed by atoms with E-state index in [-0.39, 0.29) is 4.90 Å². The zero-order chi connectivity index (χ0) is 11.8. The van der Waals surface area contributed by atoms with Crippen LogP contribution in [0.15, 0.2) is 28.3 Å². The molecule has 1 aliphatic carbocycles. The Labute approximate surface area is 93.7 Å². The van der Waals surface area contributed by atoms with E-state index in [0.29, 0.717) is 12.0 Å². The van der Waals surface area contributed by atoms with Crippen molar-refractivity contribution in [2.24, 2.45) is 10.3 Å². The lowest BCUT2D eigenvalue weighted by atomic mass is 9.88. The van der Waals surface area contributed by atoms with E-state index in [0.717, 1.165) is 18.4 Å². The van der Waals surface area contributed by atoms with Crippen LogP contribution in [-0.4, -0.2) is 8.42 Å². The number of fused-ring (bicyclic) bond motifs is 1. The Bertz CT molecular complexity index is 525. The van der Waals surface area contributed by atoms with Crippen molar-refractivity contribution in [1.29, 1.82) is 0 Å². The van der Waals surface area contributed by atoms with Gasteiger partial charge in [0.05, 0.1) is 4.90 Å². The van der Waals surface area contributed by atoms with E-state index < -0.39 is 16.1 Å². The smallest absolute Gasteiger partial charge is 0.225 e. The summed E-state index contributed by atoms with van der Waals surface area (Å²) in [4.78, 5) is 10.7. The minimum Gasteiger partial charge on any atom is -0.225 e. The topological polar surface area (TPSA) is 89.6 Å². The zero-order valence-corrected chi connectivity index (χ0v) is 9.40. The second-order valence-corrected chi connectivity index (χ2v) is 5.48. The molecule has 0 saturated carbocycles. The maximum Gasteiger partial charge on any atom is 0.238 e. The van der Waals surface area contributed by atoms with E-state index in [1.807, 2.05) is 0 Å². The van der Waals surface area contributed by atoms with Crippen LogP contribution in [0.3, 0.4) is 0 Å². The van der Waals surface area contributed by atoms with Crippen molar-refractivity contribution in [3.8, 4) is 0 Å². The molecule has 1 aliphatic rings. The number of benzene rings is 1. The molecule has 2 rings (SSSR count). The average Bonchev–Trinajstić information content (AvgIpc) is 2.26. The standard InChI is InChI=1S/C10H12N2O3S/c11-16(14,15)8-5-4-7-2-1-3-10(12-13)9(7)6-8/h4-6,10H,1-3H2,(H2,11,14,15). The fourth-order valence-electron chi connectivity index (χ4n) is 2.04. The van der Waals surface area contributed by atoms with Crippen LogP contribution >= 0.6 is 0 Å². The first kappa shape index (κ1) is 11.2. The Morgan fingerprint density at radius 1 is 1.38 bits per heavy atom. The van der Waals surface area contributed by atoms with Gasteiger partial charge in [-0.15, -0.1) is 0 Å². The summed E-state index contributed by atoms with van der Waals surface area (Å²) < 4.78 is 22.4. The van der Waals surface area contributed by atoms with Gasteiger partial charge in [0.25, 0.3) is 0 Å². The molecule has 6 heteroatoms. The molecule has 1 aromatic rings. The van der Waals surface area contributed by atoms with Gasteiger partial charge < -0.3 is 0 Å². The second-order valence-electron chi connectivity index (χ2n) is 3.92. The van der Waals surface area contributed by atoms with Gasteiger partial charge in [0.2, 0.25) is 10.0 Å². The van der Waals surface area contributed by atoms with Crippen molar-refractivity contribution in [2.45, 2.75) is 30.2 Å². The molecule has 16 heavy (non-hydrogen) atoms. The Kier molecular flexibility index (Phi) is 2.77. The third-order valence-corrected chi connectivity index (χ3v) is 3.77. The van der Waals surface area contributed by atoms with Crippen molar-refractivity contribution >= 4 is 10.0 Å². The van der Waals surface area contributed by atoms with Gasteiger partial charge in [-0.25, -0.2) is 13.6 Å². The monoisotopic (exact) mass is 240 g/mol. The highest BCUT2D eigenvalue weighted by molar-refractivity contribution is 7.89. The minimum absolute atomic E-state index is 0.0433. The van der Waals surface area contributed by atoms with Gasteiger partial charge in [0.1, 0.15) is 6.04 Å². The van der Waals surface area contributed by atoms with Gasteiger partial charge in [0.15, 0.2) is 0 Å². The number of nitrogens with two attached hydrogens (primary N) is 1. The highest BCUT2D eigenvalue weighted by Crippen LogP contribution is 2.33. The summed E-state index contributed by atoms with van der Waals surface area (Å²) in [5.41, 5.74) is 1.69. The van der Waals surface area contributed by atoms with Gasteiger partial charge in [-0.2, -0.15) is 4.91 Å². The number of primary sulfonamides is 1. The highest BCUT2D eigenvalue weighted by atomic mass is 32.2. The number of hydrogen-bond donors (Lipinski definition) is 1. The van der Waals surface area contributed by atoms with Crippen molar-refractivity contribution in [2.75, 3.05) is 0 Å². The number of rotatable bonds is 2. The maximum atomic E-state index is 11.2. The van der Waals surface area contributed by atoms with E-state index in [9.17, 15) is 13.3 Å². The Morgan fingerprint density at radius 3 is 2.75 bits per heavy atom. The summed E-state index contributed by atoms with van der Waals surface area (Å²) in [7, 11) is -3.71. The molecule has 1 unspecified atom stereocenters. The van der Waals surface area contributed by atoms with E-state index >= 15 is 0 Å². The first-order chi connectivity index (χ1) is 7.52. The van der Waals surface area contributed by atoms with E-state index in [2.05, 4.69) is 5.18 Å². The van der Waals surface area contributed by atoms with Crippen LogP contribution in [0.25, 0.3) is 0 Å². The number of nitrogens with zero attached hydrogens (tertiary/aromatic N) is 1. The van der Waals surface area contributed by atoms with Gasteiger partial charge >= 0.3 is 0 Å². The van der Waals surface area contributed by atoms with E-state index in [4.69, 9.17) is 5.14 Å². The Balaban J connectivity index is 2.55. The highest BCUT2D eigenvalue weighted by Gasteiger charge is 2.22. The van der Waals surface area contributed by atoms with Gasteiger partial charge in [-0.1, -0.05) is 11.2 Å². The lowest BCUT2D eigenvalue weighted by molar-refractivity contribution is 0.566. The fraction of sp³-hybridized carbons (Fsp3) is 0.400. The molecular weight excluding hydrogens is 228 g/mol. The van der Waals surface area contributed by atoms with Crippen LogP contribution in [0.5, 0.6) is 0 Å². The van der Waals surface area contributed by atoms with Crippen molar-refractivity contribution in [1.82, 2.24) is 0 Å². The zero-order valence-electron chi connectivity index (χ0n) is 8.59. The number of sulfonamides is 1. The van der Waals surface area contributed by atoms with Crippen molar-refractivity contribution < 1.29 is 8.42 Å². The van der Waals surface area contributed by atoms with Crippen molar-refractivity contribution in [3.05, 3.63) is 34.2 Å². The maximum absolute atomic E-state index is 11.2. The summed E-state index contributed by atoms with van der Waals surface area (Å²) in [6, 6.07) is 4.22. The molecule has 86 valence electrons. The molecule has 5 nitrogen and oxygen atoms in total. The van der Waals surface area contributed by atoms with Crippen LogP contribution in [0.1, 0.15) is 30.0 Å². The quantitative estimate of drug-likeness (QED) is 0.794. The molecule has 1 atom stereocenters. The summed E-state index contributed by atoms with van der Waals surface area (Å²) in [6.45, 7) is 0. The lowest BCUT2D eigenvalue weighted by Crippen LogP contribution is -2.15. The molecule has 0 bridgehead atoms. The van der Waals surface area contributed by atoms with Gasteiger partial charge in [-0.3, -0.25) is 0 Å². The fourth-order valence-corrected chi connectivity index (χ4v) is 2.59. The molecule has 1 aromatic carbocycles. The molecular formula is C10H12N2O3S. The van der Waals surface area contributed by atoms with E-state index in [1.165, 1.54) is 12.1 Å². The molecule has 0 heterocycles. The third-order valence-electron chi connectivity index (χ3n) is 2.86. The first-order valence-corrected chi connectivity index (χ1v) is 6.55. The summed E-state index contributed by atoms with van der Waals surface area (Å²) in [6.07, 6.45) is 2.43. The molecule has 0 spiro atoms. The van der Waals surface area contributed by atoms with Crippen LogP contribution < -0.4 is 5.14 Å². The summed E-state index contributed by atoms with van der Waals surface area (Å²) in [5, 5.41) is 8.07. The molecule has 0 amide bonds. The summed E-state index contributed by atoms with van der Waals surface area (Å²) >= 11 is 0. The predicted octanol–water partition coefficient (Wildman–Crippen LogP) is 1.48. The molecule has 0 fully saturated rings. The van der Waals surface area contributed by atoms with Gasteiger partial charge in [-0.05, 0) is 42.5 Å². The van der Waals surface area contributed by atoms with Crippen LogP contribution in [0.2, 0.25) is 0 Å². The largest absolute Gasteiger partial charge is 0.238 e. The Hall–Kier alpha value is -1.27. The van der Waals surface area contributed by atoms with Crippen LogP contribution in [0, 0.1) is 4.91 Å². The average molecular weight is 240 g/mol. The Morgan fingerprint density at radius 2 is 2.12 bits per heavy atom. The number of nitroso groups, excluding NO2 is 1. The summed E-state index contributed by atoms with van der Waals surface area (Å²) in [5.74, 6) is 0. The predicted molar refractivity (Wildman–Crippen MR) is 59.3 cm³/mol. The van der Waals surface area contributed by atoms with Crippen molar-refractivity contribution in [3.63, 3.8) is 0 Å². The first-order valence-electron chi connectivity index (χ1n) is 5.00. The van der Waals surface area contributed by atoms with Crippen LogP contribution in [0.4, 0.5) is 0 Å². The molecule has 2 N–H and O–H groups in total. The van der Waals surface area contributed by atoms with Gasteiger partial charge in [0, 0.05) is 0 Å². The van der Waals surface area contributed by atoms with E-state index in [1.54, 1.807) is 6.07 Å². The number of hydrogen-bond acceptors (Lipinski definition) is 4. The normalized spacial score (nSPS) is 20.2. The molecule has 0 aliphatic heterocycles. The minimum atomic E-state index is -3.71. The SMILES string of the molecule is NS(=O)(=O)c1ccc2c(c1)C(N=O)CCC2. The molecule has 0 radical (unpaired) electrons. The molecule has 0 aromatic heterocycles. The third kappa shape index (κ3) is 1.98. The number of aryl methyl sites for hydroxylation is 1. The second kappa shape index (κ2) is 3.95.